The van der Waals surface area contributed by atoms with Crippen LogP contribution in [0.5, 0.6) is 0 Å². The van der Waals surface area contributed by atoms with Gasteiger partial charge in [0.2, 0.25) is 0 Å². The van der Waals surface area contributed by atoms with E-state index in [9.17, 15) is 8.42 Å². The van der Waals surface area contributed by atoms with Crippen molar-refractivity contribution in [3.05, 3.63) is 36.7 Å². The van der Waals surface area contributed by atoms with E-state index in [4.69, 9.17) is 0 Å². The Kier molecular flexibility index (Phi) is 6.58. The van der Waals surface area contributed by atoms with Crippen molar-refractivity contribution >= 4 is 39.6 Å². The maximum Gasteiger partial charge on any atom is 0.178 e. The van der Waals surface area contributed by atoms with Crippen LogP contribution in [0.1, 0.15) is 13.8 Å². The normalized spacial score (nSPS) is 10.6. The first-order valence-corrected chi connectivity index (χ1v) is 8.36. The van der Waals surface area contributed by atoms with E-state index in [-0.39, 0.29) is 18.2 Å². The molecule has 22 heavy (non-hydrogen) atoms. The van der Waals surface area contributed by atoms with Crippen molar-refractivity contribution in [3.8, 4) is 0 Å². The molecule has 1 heterocycles. The van der Waals surface area contributed by atoms with Gasteiger partial charge in [-0.1, -0.05) is 13.0 Å². The number of sulfone groups is 1. The van der Waals surface area contributed by atoms with Crippen LogP contribution in [-0.2, 0) is 9.84 Å². The molecule has 0 aliphatic rings. The summed E-state index contributed by atoms with van der Waals surface area (Å²) in [5.74, 6) is 1.40. The van der Waals surface area contributed by atoms with Gasteiger partial charge in [-0.15, -0.1) is 12.4 Å². The fourth-order valence-electron chi connectivity index (χ4n) is 1.79. The monoisotopic (exact) mass is 342 g/mol. The van der Waals surface area contributed by atoms with Gasteiger partial charge < -0.3 is 10.6 Å². The summed E-state index contributed by atoms with van der Waals surface area (Å²) in [6.45, 7) is 4.37. The summed E-state index contributed by atoms with van der Waals surface area (Å²) in [6, 6.07) is 8.47. The highest BCUT2D eigenvalue weighted by Gasteiger charge is 2.11. The van der Waals surface area contributed by atoms with Gasteiger partial charge in [-0.05, 0) is 25.1 Å². The summed E-state index contributed by atoms with van der Waals surface area (Å²) < 4.78 is 23.8. The molecule has 120 valence electrons. The minimum absolute atomic E-state index is 0. The second kappa shape index (κ2) is 7.95. The summed E-state index contributed by atoms with van der Waals surface area (Å²) in [5.41, 5.74) is 0.672. The Balaban J connectivity index is 0.00000242. The third-order valence-electron chi connectivity index (χ3n) is 2.87. The van der Waals surface area contributed by atoms with Crippen LogP contribution in [0.25, 0.3) is 0 Å². The number of hydrogen-bond donors (Lipinski definition) is 2. The van der Waals surface area contributed by atoms with E-state index in [0.29, 0.717) is 22.2 Å². The first-order valence-electron chi connectivity index (χ1n) is 6.71. The number of anilines is 3. The molecule has 0 aliphatic carbocycles. The van der Waals surface area contributed by atoms with Gasteiger partial charge in [0.05, 0.1) is 10.6 Å². The lowest BCUT2D eigenvalue weighted by Crippen LogP contribution is -2.05. The van der Waals surface area contributed by atoms with Gasteiger partial charge in [0.25, 0.3) is 0 Å². The lowest BCUT2D eigenvalue weighted by Gasteiger charge is -2.09. The second-order valence-corrected chi connectivity index (χ2v) is 6.65. The van der Waals surface area contributed by atoms with Crippen LogP contribution in [-0.4, -0.2) is 30.7 Å². The van der Waals surface area contributed by atoms with E-state index in [0.717, 1.165) is 6.54 Å². The minimum Gasteiger partial charge on any atom is -0.370 e. The Morgan fingerprint density at radius 2 is 1.82 bits per heavy atom. The zero-order chi connectivity index (χ0) is 15.3. The van der Waals surface area contributed by atoms with Gasteiger partial charge in [0.15, 0.2) is 9.84 Å². The predicted molar refractivity (Wildman–Crippen MR) is 90.9 cm³/mol. The molecule has 0 bridgehead atoms. The summed E-state index contributed by atoms with van der Waals surface area (Å²) in [6.07, 6.45) is 1.45. The fourth-order valence-corrected chi connectivity index (χ4v) is 2.71. The Morgan fingerprint density at radius 3 is 2.50 bits per heavy atom. The molecule has 6 nitrogen and oxygen atoms in total. The molecule has 0 radical (unpaired) electrons. The predicted octanol–water partition coefficient (Wildman–Crippen LogP) is 2.87. The lowest BCUT2D eigenvalue weighted by atomic mass is 10.3. The van der Waals surface area contributed by atoms with Crippen LogP contribution >= 0.6 is 12.4 Å². The summed E-state index contributed by atoms with van der Waals surface area (Å²) in [4.78, 5) is 8.50. The molecule has 1 aromatic carbocycles. The SMILES string of the molecule is CCNc1cc(Nc2cccc(S(=O)(=O)CC)c2)ncn1.Cl. The zero-order valence-corrected chi connectivity index (χ0v) is 14.0. The number of nitrogens with one attached hydrogen (secondary N) is 2. The Morgan fingerprint density at radius 1 is 1.09 bits per heavy atom. The fraction of sp³-hybridized carbons (Fsp3) is 0.286. The molecule has 0 fully saturated rings. The number of rotatable bonds is 6. The van der Waals surface area contributed by atoms with Crippen molar-refractivity contribution in [1.29, 1.82) is 0 Å². The van der Waals surface area contributed by atoms with E-state index in [1.165, 1.54) is 6.33 Å². The lowest BCUT2D eigenvalue weighted by molar-refractivity contribution is 0.597. The molecule has 0 aliphatic heterocycles. The van der Waals surface area contributed by atoms with E-state index in [1.54, 1.807) is 37.3 Å². The molecule has 0 saturated carbocycles. The Labute approximate surface area is 136 Å². The van der Waals surface area contributed by atoms with Gasteiger partial charge >= 0.3 is 0 Å². The number of aromatic nitrogens is 2. The molecule has 1 aromatic heterocycles. The van der Waals surface area contributed by atoms with Crippen LogP contribution in [0, 0.1) is 0 Å². The number of benzene rings is 1. The van der Waals surface area contributed by atoms with E-state index >= 15 is 0 Å². The van der Waals surface area contributed by atoms with Crippen molar-refractivity contribution in [1.82, 2.24) is 9.97 Å². The Bertz CT molecular complexity index is 722. The first-order chi connectivity index (χ1) is 10.0. The van der Waals surface area contributed by atoms with E-state index in [2.05, 4.69) is 20.6 Å². The molecule has 0 amide bonds. The van der Waals surface area contributed by atoms with Crippen LogP contribution in [0.2, 0.25) is 0 Å². The minimum atomic E-state index is -3.21. The number of nitrogens with zero attached hydrogens (tertiary/aromatic N) is 2. The highest BCUT2D eigenvalue weighted by atomic mass is 35.5. The highest BCUT2D eigenvalue weighted by Crippen LogP contribution is 2.20. The third-order valence-corrected chi connectivity index (χ3v) is 4.60. The molecule has 0 unspecified atom stereocenters. The summed E-state index contributed by atoms with van der Waals surface area (Å²) in [5, 5.41) is 6.18. The quantitative estimate of drug-likeness (QED) is 0.839. The average Bonchev–Trinajstić information content (AvgIpc) is 2.48. The Hall–Kier alpha value is -1.86. The van der Waals surface area contributed by atoms with Crippen molar-refractivity contribution in [2.24, 2.45) is 0 Å². The van der Waals surface area contributed by atoms with Crippen LogP contribution in [0.4, 0.5) is 17.3 Å². The van der Waals surface area contributed by atoms with Gasteiger partial charge in [0.1, 0.15) is 18.0 Å². The largest absolute Gasteiger partial charge is 0.370 e. The van der Waals surface area contributed by atoms with Crippen molar-refractivity contribution in [3.63, 3.8) is 0 Å². The molecule has 8 heteroatoms. The van der Waals surface area contributed by atoms with Crippen molar-refractivity contribution in [2.75, 3.05) is 22.9 Å². The van der Waals surface area contributed by atoms with Gasteiger partial charge in [-0.3, -0.25) is 0 Å². The van der Waals surface area contributed by atoms with Crippen molar-refractivity contribution in [2.45, 2.75) is 18.7 Å². The number of halogens is 1. The average molecular weight is 343 g/mol. The number of hydrogen-bond acceptors (Lipinski definition) is 6. The van der Waals surface area contributed by atoms with Crippen molar-refractivity contribution < 1.29 is 8.42 Å². The summed E-state index contributed by atoms with van der Waals surface area (Å²) >= 11 is 0. The highest BCUT2D eigenvalue weighted by molar-refractivity contribution is 7.91. The molecular weight excluding hydrogens is 324 g/mol. The standard InChI is InChI=1S/C14H18N4O2S.ClH/c1-3-15-13-9-14(17-10-16-13)18-11-6-5-7-12(8-11)21(19,20)4-2;/h5-10H,3-4H2,1-2H3,(H2,15,16,17,18);1H. The topological polar surface area (TPSA) is 84.0 Å². The zero-order valence-electron chi connectivity index (χ0n) is 12.4. The molecule has 2 rings (SSSR count). The maximum absolute atomic E-state index is 11.9. The molecule has 2 aromatic rings. The van der Waals surface area contributed by atoms with Gasteiger partial charge in [-0.2, -0.15) is 0 Å². The molecule has 0 saturated heterocycles. The van der Waals surface area contributed by atoms with Gasteiger partial charge in [-0.25, -0.2) is 18.4 Å². The first kappa shape index (κ1) is 18.2. The second-order valence-electron chi connectivity index (χ2n) is 4.38. The van der Waals surface area contributed by atoms with E-state index < -0.39 is 9.84 Å². The van der Waals surface area contributed by atoms with Crippen LogP contribution in [0.3, 0.4) is 0 Å². The third kappa shape index (κ3) is 4.57. The molecule has 0 atom stereocenters. The molecule has 2 N–H and O–H groups in total. The van der Waals surface area contributed by atoms with E-state index in [1.807, 2.05) is 6.92 Å². The maximum atomic E-state index is 11.9. The van der Waals surface area contributed by atoms with Crippen LogP contribution in [0.15, 0.2) is 41.6 Å². The van der Waals surface area contributed by atoms with Gasteiger partial charge in [0, 0.05) is 18.3 Å². The smallest absolute Gasteiger partial charge is 0.178 e. The summed E-state index contributed by atoms with van der Waals surface area (Å²) in [7, 11) is -3.21. The molecular formula is C14H19ClN4O2S. The van der Waals surface area contributed by atoms with Crippen LogP contribution < -0.4 is 10.6 Å². The molecule has 0 spiro atoms.